The number of methoxy groups -OCH3 is 1. The topological polar surface area (TPSA) is 65.1 Å². The number of ether oxygens (including phenoxy) is 3. The van der Waals surface area contributed by atoms with E-state index in [2.05, 4.69) is 0 Å². The van der Waals surface area contributed by atoms with Crippen LogP contribution in [-0.4, -0.2) is 48.5 Å². The van der Waals surface area contributed by atoms with Gasteiger partial charge in [-0.3, -0.25) is 4.90 Å². The molecular formula is C19H27NO5. The lowest BCUT2D eigenvalue weighted by atomic mass is 9.91. The molecule has 1 aromatic carbocycles. The maximum absolute atomic E-state index is 12.7. The number of esters is 1. The summed E-state index contributed by atoms with van der Waals surface area (Å²) in [6.07, 6.45) is -0.617. The first kappa shape index (κ1) is 19.2. The Kier molecular flexibility index (Phi) is 6.06. The molecule has 1 aromatic rings. The molecule has 138 valence electrons. The van der Waals surface area contributed by atoms with E-state index >= 15 is 0 Å². The first-order valence-corrected chi connectivity index (χ1v) is 8.54. The Balaban J connectivity index is 2.39. The van der Waals surface area contributed by atoms with Gasteiger partial charge < -0.3 is 14.2 Å². The van der Waals surface area contributed by atoms with Crippen molar-refractivity contribution in [2.75, 3.05) is 13.7 Å². The van der Waals surface area contributed by atoms with E-state index in [1.807, 2.05) is 30.3 Å². The van der Waals surface area contributed by atoms with Crippen LogP contribution in [0.4, 0.5) is 4.79 Å². The minimum atomic E-state index is -0.776. The minimum Gasteiger partial charge on any atom is -0.464 e. The molecule has 3 atom stereocenters. The van der Waals surface area contributed by atoms with Gasteiger partial charge in [-0.05, 0) is 33.3 Å². The fraction of sp³-hybridized carbons (Fsp3) is 0.579. The lowest BCUT2D eigenvalue weighted by molar-refractivity contribution is -0.151. The van der Waals surface area contributed by atoms with Crippen LogP contribution in [0.1, 0.15) is 45.6 Å². The molecule has 1 aliphatic heterocycles. The first-order valence-electron chi connectivity index (χ1n) is 8.54. The van der Waals surface area contributed by atoms with Crippen molar-refractivity contribution in [3.8, 4) is 0 Å². The lowest BCUT2D eigenvalue weighted by Gasteiger charge is -2.31. The molecule has 25 heavy (non-hydrogen) atoms. The molecule has 1 amide bonds. The number of amides is 1. The maximum Gasteiger partial charge on any atom is 0.413 e. The Hall–Kier alpha value is -2.08. The van der Waals surface area contributed by atoms with E-state index in [4.69, 9.17) is 14.2 Å². The second-order valence-electron chi connectivity index (χ2n) is 7.03. The number of nitrogens with zero attached hydrogens (tertiary/aromatic N) is 1. The van der Waals surface area contributed by atoms with Gasteiger partial charge in [-0.25, -0.2) is 9.59 Å². The maximum atomic E-state index is 12.7. The third kappa shape index (κ3) is 4.51. The highest BCUT2D eigenvalue weighted by Gasteiger charge is 2.50. The number of benzene rings is 1. The smallest absolute Gasteiger partial charge is 0.413 e. The largest absolute Gasteiger partial charge is 0.464 e. The summed E-state index contributed by atoms with van der Waals surface area (Å²) in [7, 11) is 1.53. The van der Waals surface area contributed by atoms with Crippen LogP contribution in [0.25, 0.3) is 0 Å². The van der Waals surface area contributed by atoms with Gasteiger partial charge in [0.25, 0.3) is 0 Å². The van der Waals surface area contributed by atoms with E-state index in [-0.39, 0.29) is 12.5 Å². The minimum absolute atomic E-state index is 0.210. The number of carbonyl (C=O) groups is 2. The molecule has 0 radical (unpaired) electrons. The number of rotatable bonds is 4. The first-order chi connectivity index (χ1) is 11.8. The molecule has 0 aliphatic carbocycles. The molecule has 0 N–H and O–H groups in total. The summed E-state index contributed by atoms with van der Waals surface area (Å²) in [5, 5.41) is 0. The van der Waals surface area contributed by atoms with Gasteiger partial charge in [-0.1, -0.05) is 30.3 Å². The summed E-state index contributed by atoms with van der Waals surface area (Å²) in [4.78, 5) is 26.8. The highest BCUT2D eigenvalue weighted by atomic mass is 16.6. The Morgan fingerprint density at radius 1 is 1.20 bits per heavy atom. The molecule has 1 saturated heterocycles. The van der Waals surface area contributed by atoms with Crippen molar-refractivity contribution >= 4 is 12.1 Å². The van der Waals surface area contributed by atoms with Gasteiger partial charge in [-0.2, -0.15) is 0 Å². The Morgan fingerprint density at radius 2 is 1.84 bits per heavy atom. The van der Waals surface area contributed by atoms with Gasteiger partial charge in [0, 0.05) is 19.4 Å². The normalized spacial score (nSPS) is 23.4. The SMILES string of the molecule is CCOC(=O)[C@@H]1[C@@H](c2ccccc2)CC(OC)N1C(=O)OC(C)(C)C. The fourth-order valence-electron chi connectivity index (χ4n) is 3.11. The molecule has 0 spiro atoms. The second-order valence-corrected chi connectivity index (χ2v) is 7.03. The van der Waals surface area contributed by atoms with Gasteiger partial charge in [-0.15, -0.1) is 0 Å². The molecule has 0 aromatic heterocycles. The van der Waals surface area contributed by atoms with Crippen LogP contribution in [0.15, 0.2) is 30.3 Å². The summed E-state index contributed by atoms with van der Waals surface area (Å²) in [5.41, 5.74) is 0.299. The van der Waals surface area contributed by atoms with Gasteiger partial charge in [0.2, 0.25) is 0 Å². The van der Waals surface area contributed by atoms with Crippen LogP contribution < -0.4 is 0 Å². The average Bonchev–Trinajstić information content (AvgIpc) is 2.94. The van der Waals surface area contributed by atoms with Crippen LogP contribution >= 0.6 is 0 Å². The zero-order chi connectivity index (χ0) is 18.6. The van der Waals surface area contributed by atoms with E-state index in [1.54, 1.807) is 27.7 Å². The van der Waals surface area contributed by atoms with Gasteiger partial charge in [0.1, 0.15) is 17.9 Å². The van der Waals surface area contributed by atoms with Gasteiger partial charge in [0.15, 0.2) is 0 Å². The van der Waals surface area contributed by atoms with E-state index < -0.39 is 29.9 Å². The van der Waals surface area contributed by atoms with Gasteiger partial charge in [0.05, 0.1) is 6.61 Å². The molecule has 6 heteroatoms. The van der Waals surface area contributed by atoms with Gasteiger partial charge >= 0.3 is 12.1 Å². The summed E-state index contributed by atoms with van der Waals surface area (Å²) >= 11 is 0. The average molecular weight is 349 g/mol. The van der Waals surface area contributed by atoms with Crippen molar-refractivity contribution in [3.05, 3.63) is 35.9 Å². The summed E-state index contributed by atoms with van der Waals surface area (Å²) in [6.45, 7) is 7.36. The highest BCUT2D eigenvalue weighted by Crippen LogP contribution is 2.39. The van der Waals surface area contributed by atoms with Crippen molar-refractivity contribution in [3.63, 3.8) is 0 Å². The van der Waals surface area contributed by atoms with E-state index in [0.29, 0.717) is 6.42 Å². The summed E-state index contributed by atoms with van der Waals surface area (Å²) in [5.74, 6) is -0.653. The molecule has 0 saturated carbocycles. The molecule has 6 nitrogen and oxygen atoms in total. The molecule has 1 aliphatic rings. The molecule has 1 fully saturated rings. The molecular weight excluding hydrogens is 322 g/mol. The van der Waals surface area contributed by atoms with Crippen molar-refractivity contribution in [2.45, 2.75) is 57.9 Å². The van der Waals surface area contributed by atoms with Crippen molar-refractivity contribution < 1.29 is 23.8 Å². The second kappa shape index (κ2) is 7.87. The monoisotopic (exact) mass is 349 g/mol. The van der Waals surface area contributed by atoms with Crippen LogP contribution in [0, 0.1) is 0 Å². The van der Waals surface area contributed by atoms with E-state index in [0.717, 1.165) is 5.56 Å². The lowest BCUT2D eigenvalue weighted by Crippen LogP contribution is -2.49. The molecule has 0 bridgehead atoms. The van der Waals surface area contributed by atoms with E-state index in [1.165, 1.54) is 12.0 Å². The number of hydrogen-bond donors (Lipinski definition) is 0. The van der Waals surface area contributed by atoms with Crippen molar-refractivity contribution in [2.24, 2.45) is 0 Å². The zero-order valence-corrected chi connectivity index (χ0v) is 15.5. The number of carbonyl (C=O) groups excluding carboxylic acids is 2. The highest BCUT2D eigenvalue weighted by molar-refractivity contribution is 5.83. The Bertz CT molecular complexity index is 596. The number of hydrogen-bond acceptors (Lipinski definition) is 5. The predicted molar refractivity (Wildman–Crippen MR) is 93.1 cm³/mol. The third-order valence-corrected chi connectivity index (χ3v) is 4.08. The molecule has 1 unspecified atom stereocenters. The van der Waals surface area contributed by atoms with Crippen LogP contribution in [0.5, 0.6) is 0 Å². The predicted octanol–water partition coefficient (Wildman–Crippen LogP) is 3.32. The quantitative estimate of drug-likeness (QED) is 0.780. The fourth-order valence-corrected chi connectivity index (χ4v) is 3.11. The zero-order valence-electron chi connectivity index (χ0n) is 15.5. The van der Waals surface area contributed by atoms with Crippen LogP contribution in [0.3, 0.4) is 0 Å². The summed E-state index contributed by atoms with van der Waals surface area (Å²) < 4.78 is 16.2. The summed E-state index contributed by atoms with van der Waals surface area (Å²) in [6, 6.07) is 8.86. The molecule has 2 rings (SSSR count). The van der Waals surface area contributed by atoms with E-state index in [9.17, 15) is 9.59 Å². The third-order valence-electron chi connectivity index (χ3n) is 4.08. The Morgan fingerprint density at radius 3 is 2.36 bits per heavy atom. The Labute approximate surface area is 149 Å². The number of likely N-dealkylation sites (tertiary alicyclic amines) is 1. The van der Waals surface area contributed by atoms with Crippen LogP contribution in [0.2, 0.25) is 0 Å². The van der Waals surface area contributed by atoms with Crippen molar-refractivity contribution in [1.29, 1.82) is 0 Å². The van der Waals surface area contributed by atoms with Crippen molar-refractivity contribution in [1.82, 2.24) is 4.90 Å². The van der Waals surface area contributed by atoms with Crippen LogP contribution in [-0.2, 0) is 19.0 Å². The standard InChI is InChI=1S/C19H27NO5/c1-6-24-17(21)16-14(13-10-8-7-9-11-13)12-15(23-5)20(16)18(22)25-19(2,3)4/h7-11,14-16H,6,12H2,1-5H3/t14-,15?,16+/m1/s1. The molecule has 1 heterocycles.